The summed E-state index contributed by atoms with van der Waals surface area (Å²) in [5.41, 5.74) is 0.262. The molecule has 0 aliphatic rings. The lowest BCUT2D eigenvalue weighted by Crippen LogP contribution is -1.89. The molecule has 5 nitrogen and oxygen atoms in total. The molecule has 72 valence electrons. The molecule has 0 bridgehead atoms. The van der Waals surface area contributed by atoms with Crippen molar-refractivity contribution in [2.45, 2.75) is 0 Å². The minimum atomic E-state index is -0.410. The predicted molar refractivity (Wildman–Crippen MR) is 46.1 cm³/mol. The Morgan fingerprint density at radius 1 is 1.43 bits per heavy atom. The maximum absolute atomic E-state index is 13.3. The summed E-state index contributed by atoms with van der Waals surface area (Å²) >= 11 is 0. The van der Waals surface area contributed by atoms with Gasteiger partial charge in [-0.1, -0.05) is 0 Å². The second-order valence-corrected chi connectivity index (χ2v) is 2.58. The number of ether oxygens (including phenoxy) is 1. The zero-order valence-electron chi connectivity index (χ0n) is 7.36. The van der Waals surface area contributed by atoms with Gasteiger partial charge in [0.2, 0.25) is 5.82 Å². The van der Waals surface area contributed by atoms with Crippen molar-refractivity contribution in [2.24, 2.45) is 0 Å². The first-order valence-electron chi connectivity index (χ1n) is 3.88. The molecular formula is C8H7FN4O. The molecule has 0 radical (unpaired) electrons. The Morgan fingerprint density at radius 2 is 2.29 bits per heavy atom. The first-order chi connectivity index (χ1) is 6.81. The summed E-state index contributed by atoms with van der Waals surface area (Å²) in [6, 6.07) is 4.34. The van der Waals surface area contributed by atoms with Gasteiger partial charge in [-0.05, 0) is 23.4 Å². The minimum absolute atomic E-state index is 0.210. The molecule has 1 heterocycles. The van der Waals surface area contributed by atoms with E-state index in [1.54, 1.807) is 0 Å². The van der Waals surface area contributed by atoms with Crippen molar-refractivity contribution < 1.29 is 9.13 Å². The average molecular weight is 194 g/mol. The number of hydrogen-bond donors (Lipinski definition) is 1. The summed E-state index contributed by atoms with van der Waals surface area (Å²) in [6.45, 7) is 0. The minimum Gasteiger partial charge on any atom is -0.497 e. The second-order valence-electron chi connectivity index (χ2n) is 2.58. The molecule has 2 rings (SSSR count). The lowest BCUT2D eigenvalue weighted by molar-refractivity contribution is 0.414. The number of halogens is 1. The van der Waals surface area contributed by atoms with Crippen LogP contribution in [-0.4, -0.2) is 27.7 Å². The highest BCUT2D eigenvalue weighted by atomic mass is 19.1. The Balaban J connectivity index is 2.51. The van der Waals surface area contributed by atoms with Gasteiger partial charge in [-0.15, -0.1) is 10.2 Å². The van der Waals surface area contributed by atoms with Crippen LogP contribution in [0.4, 0.5) is 4.39 Å². The van der Waals surface area contributed by atoms with Crippen LogP contribution in [-0.2, 0) is 0 Å². The quantitative estimate of drug-likeness (QED) is 0.775. The van der Waals surface area contributed by atoms with Crippen molar-refractivity contribution in [3.8, 4) is 17.1 Å². The predicted octanol–water partition coefficient (Wildman–Crippen LogP) is 1.01. The van der Waals surface area contributed by atoms with Crippen LogP contribution in [0.3, 0.4) is 0 Å². The molecule has 2 aromatic rings. The molecule has 14 heavy (non-hydrogen) atoms. The van der Waals surface area contributed by atoms with E-state index in [1.807, 2.05) is 0 Å². The molecule has 1 N–H and O–H groups in total. The van der Waals surface area contributed by atoms with Crippen molar-refractivity contribution in [1.82, 2.24) is 20.6 Å². The molecule has 0 aliphatic carbocycles. The van der Waals surface area contributed by atoms with E-state index in [-0.39, 0.29) is 11.4 Å². The number of H-pyrrole nitrogens is 1. The Labute approximate surface area is 78.9 Å². The van der Waals surface area contributed by atoms with Crippen LogP contribution in [0.1, 0.15) is 0 Å². The third-order valence-corrected chi connectivity index (χ3v) is 1.76. The summed E-state index contributed by atoms with van der Waals surface area (Å²) in [6.07, 6.45) is 0. The fourth-order valence-corrected chi connectivity index (χ4v) is 1.08. The normalized spacial score (nSPS) is 10.1. The lowest BCUT2D eigenvalue weighted by atomic mass is 10.2. The number of hydrogen-bond acceptors (Lipinski definition) is 4. The van der Waals surface area contributed by atoms with Crippen molar-refractivity contribution in [3.05, 3.63) is 24.0 Å². The van der Waals surface area contributed by atoms with Gasteiger partial charge in [0.1, 0.15) is 11.6 Å². The summed E-state index contributed by atoms with van der Waals surface area (Å²) in [5, 5.41) is 13.0. The molecule has 0 unspecified atom stereocenters. The van der Waals surface area contributed by atoms with Gasteiger partial charge in [-0.2, -0.15) is 5.21 Å². The van der Waals surface area contributed by atoms with Gasteiger partial charge in [-0.3, -0.25) is 0 Å². The van der Waals surface area contributed by atoms with Gasteiger partial charge in [-0.25, -0.2) is 4.39 Å². The summed E-state index contributed by atoms with van der Waals surface area (Å²) < 4.78 is 18.2. The molecular weight excluding hydrogens is 187 g/mol. The monoisotopic (exact) mass is 194 g/mol. The van der Waals surface area contributed by atoms with Crippen LogP contribution in [0.2, 0.25) is 0 Å². The smallest absolute Gasteiger partial charge is 0.207 e. The zero-order valence-corrected chi connectivity index (χ0v) is 7.36. The molecule has 0 saturated carbocycles. The van der Waals surface area contributed by atoms with Crippen molar-refractivity contribution in [3.63, 3.8) is 0 Å². The van der Waals surface area contributed by atoms with Crippen LogP contribution >= 0.6 is 0 Å². The van der Waals surface area contributed by atoms with Crippen LogP contribution in [0.5, 0.6) is 5.75 Å². The number of rotatable bonds is 2. The number of methoxy groups -OCH3 is 1. The lowest BCUT2D eigenvalue weighted by Gasteiger charge is -2.01. The highest BCUT2D eigenvalue weighted by Crippen LogP contribution is 2.23. The Morgan fingerprint density at radius 3 is 2.93 bits per heavy atom. The SMILES string of the molecule is COc1ccc(F)c(-c2nn[nH]n2)c1. The van der Waals surface area contributed by atoms with Crippen LogP contribution < -0.4 is 4.74 Å². The van der Waals surface area contributed by atoms with Gasteiger partial charge in [0.15, 0.2) is 0 Å². The van der Waals surface area contributed by atoms with Crippen molar-refractivity contribution >= 4 is 0 Å². The van der Waals surface area contributed by atoms with Crippen molar-refractivity contribution in [1.29, 1.82) is 0 Å². The number of tetrazole rings is 1. The average Bonchev–Trinajstić information content (AvgIpc) is 2.71. The maximum Gasteiger partial charge on any atom is 0.207 e. The van der Waals surface area contributed by atoms with Gasteiger partial charge < -0.3 is 4.74 Å². The third kappa shape index (κ3) is 1.41. The molecule has 0 fully saturated rings. The molecule has 0 amide bonds. The first-order valence-corrected chi connectivity index (χ1v) is 3.88. The number of nitrogens with one attached hydrogen (secondary N) is 1. The fraction of sp³-hybridized carbons (Fsp3) is 0.125. The Kier molecular flexibility index (Phi) is 2.10. The molecule has 0 aliphatic heterocycles. The number of aromatic amines is 1. The second kappa shape index (κ2) is 3.41. The molecule has 6 heteroatoms. The highest BCUT2D eigenvalue weighted by molar-refractivity contribution is 5.57. The van der Waals surface area contributed by atoms with E-state index >= 15 is 0 Å². The van der Waals surface area contributed by atoms with E-state index in [0.717, 1.165) is 0 Å². The Bertz CT molecular complexity index is 429. The number of aromatic nitrogens is 4. The largest absolute Gasteiger partial charge is 0.497 e. The van der Waals surface area contributed by atoms with Crippen LogP contribution in [0.15, 0.2) is 18.2 Å². The van der Waals surface area contributed by atoms with E-state index in [2.05, 4.69) is 20.6 Å². The van der Waals surface area contributed by atoms with E-state index in [0.29, 0.717) is 5.75 Å². The molecule has 1 aromatic heterocycles. The maximum atomic E-state index is 13.3. The third-order valence-electron chi connectivity index (χ3n) is 1.76. The van der Waals surface area contributed by atoms with Gasteiger partial charge in [0, 0.05) is 0 Å². The first kappa shape index (κ1) is 8.61. The van der Waals surface area contributed by atoms with Crippen LogP contribution in [0, 0.1) is 5.82 Å². The van der Waals surface area contributed by atoms with E-state index in [1.165, 1.54) is 25.3 Å². The van der Waals surface area contributed by atoms with Gasteiger partial charge >= 0.3 is 0 Å². The molecule has 0 atom stereocenters. The van der Waals surface area contributed by atoms with E-state index < -0.39 is 5.82 Å². The van der Waals surface area contributed by atoms with Crippen molar-refractivity contribution in [2.75, 3.05) is 7.11 Å². The topological polar surface area (TPSA) is 63.7 Å². The number of nitrogens with zero attached hydrogens (tertiary/aromatic N) is 3. The summed E-state index contributed by atoms with van der Waals surface area (Å²) in [7, 11) is 1.51. The molecule has 0 spiro atoms. The molecule has 0 saturated heterocycles. The van der Waals surface area contributed by atoms with Gasteiger partial charge in [0.25, 0.3) is 0 Å². The fourth-order valence-electron chi connectivity index (χ4n) is 1.08. The summed E-state index contributed by atoms with van der Waals surface area (Å²) in [5.74, 6) is 0.347. The van der Waals surface area contributed by atoms with Gasteiger partial charge in [0.05, 0.1) is 12.7 Å². The highest BCUT2D eigenvalue weighted by Gasteiger charge is 2.10. The van der Waals surface area contributed by atoms with E-state index in [9.17, 15) is 4.39 Å². The number of benzene rings is 1. The molecule has 1 aromatic carbocycles. The van der Waals surface area contributed by atoms with E-state index in [4.69, 9.17) is 4.74 Å². The summed E-state index contributed by atoms with van der Waals surface area (Å²) in [4.78, 5) is 0. The Hall–Kier alpha value is -1.98. The zero-order chi connectivity index (χ0) is 9.97. The standard InChI is InChI=1S/C8H7FN4O/c1-14-5-2-3-7(9)6(4-5)8-10-12-13-11-8/h2-4H,1H3,(H,10,11,12,13). The van der Waals surface area contributed by atoms with Crippen LogP contribution in [0.25, 0.3) is 11.4 Å².